The Hall–Kier alpha value is -3.86. The van der Waals surface area contributed by atoms with Crippen LogP contribution < -0.4 is 25.6 Å². The van der Waals surface area contributed by atoms with Crippen molar-refractivity contribution in [2.45, 2.75) is 12.8 Å². The predicted octanol–water partition coefficient (Wildman–Crippen LogP) is 6.06. The molecule has 13 heteroatoms. The first-order valence-corrected chi connectivity index (χ1v) is 17.9. The maximum atomic E-state index is 5.93. The standard InChI is InChI=1S/C32H35BrN9O2P/c1-41-17-20(15-37-41)21-13-25(27(43-2)14-26(21)42-11-7-32(8-12-42)18-44-19-32)39-31-36-16-22(33)30(40-31)38-24-6-5-23-28(29(24)45(3)4)35-10-9-34-23/h5-6,9-10,13-17H,7-8,11-12,18-19H2,1-4H3,(H2,36,38,39,40). The molecule has 11 nitrogen and oxygen atoms in total. The zero-order valence-corrected chi connectivity index (χ0v) is 28.2. The fraction of sp³-hybridized carbons (Fsp3) is 0.344. The molecule has 0 bridgehead atoms. The summed E-state index contributed by atoms with van der Waals surface area (Å²) >= 11 is 3.64. The molecule has 2 N–H and O–H groups in total. The van der Waals surface area contributed by atoms with Crippen LogP contribution in [0.25, 0.3) is 22.2 Å². The Morgan fingerprint density at radius 3 is 2.49 bits per heavy atom. The molecule has 45 heavy (non-hydrogen) atoms. The highest BCUT2D eigenvalue weighted by atomic mass is 79.9. The van der Waals surface area contributed by atoms with Crippen LogP contribution in [0.4, 0.5) is 28.8 Å². The molecule has 7 rings (SSSR count). The molecule has 0 aliphatic carbocycles. The number of hydrogen-bond acceptors (Lipinski definition) is 10. The number of ether oxygens (including phenoxy) is 2. The minimum atomic E-state index is -0.485. The third-order valence-electron chi connectivity index (χ3n) is 8.62. The Balaban J connectivity index is 1.22. The summed E-state index contributed by atoms with van der Waals surface area (Å²) in [5.41, 5.74) is 7.07. The average Bonchev–Trinajstić information content (AvgIpc) is 3.47. The number of nitrogens with one attached hydrogen (secondary N) is 2. The van der Waals surface area contributed by atoms with Gasteiger partial charge in [-0.15, -0.1) is 0 Å². The Kier molecular flexibility index (Phi) is 8.05. The molecular formula is C32H35BrN9O2P. The average molecular weight is 689 g/mol. The van der Waals surface area contributed by atoms with Crippen LogP contribution >= 0.6 is 23.9 Å². The molecular weight excluding hydrogens is 653 g/mol. The van der Waals surface area contributed by atoms with Crippen LogP contribution in [-0.2, 0) is 11.8 Å². The second-order valence-electron chi connectivity index (χ2n) is 11.9. The van der Waals surface area contributed by atoms with E-state index in [0.29, 0.717) is 22.9 Å². The van der Waals surface area contributed by atoms with Gasteiger partial charge in [-0.2, -0.15) is 10.1 Å². The van der Waals surface area contributed by atoms with Gasteiger partial charge >= 0.3 is 0 Å². The monoisotopic (exact) mass is 687 g/mol. The molecule has 0 radical (unpaired) electrons. The van der Waals surface area contributed by atoms with Gasteiger partial charge in [0.25, 0.3) is 0 Å². The SMILES string of the molecule is COc1cc(N2CCC3(CC2)COC3)c(-c2cnn(C)c2)cc1Nc1ncc(Br)c(Nc2ccc3nccnc3c2P(C)C)n1. The van der Waals surface area contributed by atoms with Crippen molar-refractivity contribution in [3.8, 4) is 16.9 Å². The smallest absolute Gasteiger partial charge is 0.229 e. The summed E-state index contributed by atoms with van der Waals surface area (Å²) in [6.45, 7) is 8.12. The Labute approximate surface area is 271 Å². The van der Waals surface area contributed by atoms with Gasteiger partial charge in [-0.1, -0.05) is 7.92 Å². The highest BCUT2D eigenvalue weighted by Crippen LogP contribution is 2.45. The van der Waals surface area contributed by atoms with Gasteiger partial charge in [0.15, 0.2) is 0 Å². The molecule has 232 valence electrons. The minimum absolute atomic E-state index is 0.346. The summed E-state index contributed by atoms with van der Waals surface area (Å²) in [5.74, 6) is 1.79. The zero-order chi connectivity index (χ0) is 31.1. The number of hydrogen-bond donors (Lipinski definition) is 2. The van der Waals surface area contributed by atoms with E-state index in [1.807, 2.05) is 36.3 Å². The first kappa shape index (κ1) is 29.8. The van der Waals surface area contributed by atoms with Gasteiger partial charge in [-0.3, -0.25) is 14.6 Å². The van der Waals surface area contributed by atoms with Crippen LogP contribution in [0.1, 0.15) is 12.8 Å². The van der Waals surface area contributed by atoms with Gasteiger partial charge in [-0.25, -0.2) is 4.98 Å². The maximum absolute atomic E-state index is 5.93. The van der Waals surface area contributed by atoms with Crippen molar-refractivity contribution in [3.05, 3.63) is 59.7 Å². The van der Waals surface area contributed by atoms with Gasteiger partial charge in [0, 0.05) is 84.2 Å². The fourth-order valence-electron chi connectivity index (χ4n) is 6.13. The molecule has 2 saturated heterocycles. The van der Waals surface area contributed by atoms with Crippen LogP contribution in [0, 0.1) is 5.41 Å². The normalized spacial score (nSPS) is 15.8. The van der Waals surface area contributed by atoms with Crippen molar-refractivity contribution in [1.82, 2.24) is 29.7 Å². The predicted molar refractivity (Wildman–Crippen MR) is 184 cm³/mol. The topological polar surface area (TPSA) is 115 Å². The highest BCUT2D eigenvalue weighted by molar-refractivity contribution is 9.10. The van der Waals surface area contributed by atoms with Crippen LogP contribution in [-0.4, -0.2) is 76.5 Å². The minimum Gasteiger partial charge on any atom is -0.494 e. The van der Waals surface area contributed by atoms with Gasteiger partial charge in [-0.05, 0) is 60.3 Å². The third-order valence-corrected chi connectivity index (χ3v) is 10.5. The molecule has 5 aromatic rings. The Bertz CT molecular complexity index is 1870. The number of piperidine rings is 1. The van der Waals surface area contributed by atoms with Crippen molar-refractivity contribution in [2.75, 3.05) is 62.3 Å². The number of halogens is 1. The second kappa shape index (κ2) is 12.2. The summed E-state index contributed by atoms with van der Waals surface area (Å²) < 4.78 is 14.1. The number of anilines is 5. The molecule has 2 aromatic carbocycles. The van der Waals surface area contributed by atoms with Crippen molar-refractivity contribution < 1.29 is 9.47 Å². The molecule has 2 aliphatic rings. The van der Waals surface area contributed by atoms with Gasteiger partial charge in [0.1, 0.15) is 11.6 Å². The summed E-state index contributed by atoms with van der Waals surface area (Å²) in [6, 6.07) is 8.25. The van der Waals surface area contributed by atoms with Crippen molar-refractivity contribution in [1.29, 1.82) is 0 Å². The lowest BCUT2D eigenvalue weighted by Gasteiger charge is -2.48. The van der Waals surface area contributed by atoms with Crippen molar-refractivity contribution in [2.24, 2.45) is 12.5 Å². The quantitative estimate of drug-likeness (QED) is 0.187. The van der Waals surface area contributed by atoms with E-state index < -0.39 is 7.92 Å². The number of methoxy groups -OCH3 is 1. The molecule has 2 fully saturated rings. The summed E-state index contributed by atoms with van der Waals surface area (Å²) in [7, 11) is 3.14. The first-order valence-electron chi connectivity index (χ1n) is 14.8. The maximum Gasteiger partial charge on any atom is 0.229 e. The summed E-state index contributed by atoms with van der Waals surface area (Å²) in [5, 5.41) is 12.6. The summed E-state index contributed by atoms with van der Waals surface area (Å²) in [6.07, 6.45) is 11.4. The van der Waals surface area contributed by atoms with Crippen molar-refractivity contribution in [3.63, 3.8) is 0 Å². The van der Waals surface area contributed by atoms with Gasteiger partial charge in [0.05, 0.1) is 47.7 Å². The molecule has 0 atom stereocenters. The number of aryl methyl sites for hydroxylation is 1. The van der Waals surface area contributed by atoms with Crippen LogP contribution in [0.15, 0.2) is 59.7 Å². The largest absolute Gasteiger partial charge is 0.494 e. The van der Waals surface area contributed by atoms with Crippen LogP contribution in [0.2, 0.25) is 0 Å². The van der Waals surface area contributed by atoms with E-state index in [4.69, 9.17) is 14.5 Å². The third kappa shape index (κ3) is 5.82. The van der Waals surface area contributed by atoms with Gasteiger partial charge < -0.3 is 25.0 Å². The van der Waals surface area contributed by atoms with E-state index in [1.165, 1.54) is 0 Å². The van der Waals surface area contributed by atoms with E-state index in [2.05, 4.69) is 77.0 Å². The van der Waals surface area contributed by atoms with E-state index in [9.17, 15) is 0 Å². The lowest BCUT2D eigenvalue weighted by molar-refractivity contribution is -0.124. The first-order chi connectivity index (χ1) is 21.8. The van der Waals surface area contributed by atoms with E-state index in [0.717, 1.165) is 88.1 Å². The lowest BCUT2D eigenvalue weighted by Crippen LogP contribution is -2.51. The number of benzene rings is 2. The summed E-state index contributed by atoms with van der Waals surface area (Å²) in [4.78, 5) is 21.0. The Morgan fingerprint density at radius 1 is 1.00 bits per heavy atom. The molecule has 0 unspecified atom stereocenters. The molecule has 2 aliphatic heterocycles. The number of rotatable bonds is 8. The molecule has 0 saturated carbocycles. The van der Waals surface area contributed by atoms with Crippen LogP contribution in [0.3, 0.4) is 0 Å². The second-order valence-corrected chi connectivity index (χ2v) is 15.0. The highest BCUT2D eigenvalue weighted by Gasteiger charge is 2.41. The molecule has 5 heterocycles. The fourth-order valence-corrected chi connectivity index (χ4v) is 7.63. The Morgan fingerprint density at radius 2 is 1.80 bits per heavy atom. The van der Waals surface area contributed by atoms with E-state index >= 15 is 0 Å². The molecule has 1 spiro atoms. The van der Waals surface area contributed by atoms with Crippen LogP contribution in [0.5, 0.6) is 5.75 Å². The lowest BCUT2D eigenvalue weighted by atomic mass is 9.76. The van der Waals surface area contributed by atoms with Crippen molar-refractivity contribution >= 4 is 69.0 Å². The van der Waals surface area contributed by atoms with Gasteiger partial charge in [0.2, 0.25) is 5.95 Å². The number of aromatic nitrogens is 6. The zero-order valence-electron chi connectivity index (χ0n) is 25.7. The molecule has 3 aromatic heterocycles. The van der Waals surface area contributed by atoms with E-state index in [-0.39, 0.29) is 0 Å². The number of fused-ring (bicyclic) bond motifs is 1. The molecule has 0 amide bonds. The number of nitrogens with zero attached hydrogens (tertiary/aromatic N) is 7. The van der Waals surface area contributed by atoms with E-state index in [1.54, 1.807) is 25.7 Å².